The molecule has 1 fully saturated rings. The summed E-state index contributed by atoms with van der Waals surface area (Å²) in [7, 11) is 0. The van der Waals surface area contributed by atoms with Gasteiger partial charge in [0.2, 0.25) is 0 Å². The van der Waals surface area contributed by atoms with E-state index >= 15 is 0 Å². The molecule has 0 saturated carbocycles. The summed E-state index contributed by atoms with van der Waals surface area (Å²) < 4.78 is 0. The van der Waals surface area contributed by atoms with Crippen molar-refractivity contribution >= 4 is 5.97 Å². The molecule has 122 valence electrons. The highest BCUT2D eigenvalue weighted by atomic mass is 16.4. The Morgan fingerprint density at radius 1 is 0.913 bits per heavy atom. The predicted molar refractivity (Wildman–Crippen MR) is 93.5 cm³/mol. The molecule has 1 aliphatic heterocycles. The standard InChI is InChI=1S/C18H21N.C2H4O2/c1-3-7-15(8-4-1)13-17-11-12-18(19-17)14-16-9-5-2-6-10-16;1-2(3)4/h1-10,17-19H,11-14H2;1H3,(H,3,4)/t17-,18-;/m1./s1. The van der Waals surface area contributed by atoms with Crippen molar-refractivity contribution in [2.75, 3.05) is 0 Å². The van der Waals surface area contributed by atoms with Crippen molar-refractivity contribution in [2.45, 2.75) is 44.7 Å². The number of hydrogen-bond donors (Lipinski definition) is 2. The van der Waals surface area contributed by atoms with E-state index in [2.05, 4.69) is 66.0 Å². The normalized spacial score (nSPS) is 19.7. The van der Waals surface area contributed by atoms with Crippen LogP contribution in [0.3, 0.4) is 0 Å². The van der Waals surface area contributed by atoms with Gasteiger partial charge in [0, 0.05) is 19.0 Å². The maximum atomic E-state index is 9.00. The van der Waals surface area contributed by atoms with E-state index in [1.54, 1.807) is 0 Å². The van der Waals surface area contributed by atoms with E-state index in [1.807, 2.05) is 0 Å². The first-order valence-corrected chi connectivity index (χ1v) is 8.17. The van der Waals surface area contributed by atoms with Crippen molar-refractivity contribution in [3.63, 3.8) is 0 Å². The van der Waals surface area contributed by atoms with Gasteiger partial charge in [-0.25, -0.2) is 0 Å². The van der Waals surface area contributed by atoms with E-state index in [9.17, 15) is 0 Å². The average molecular weight is 311 g/mol. The van der Waals surface area contributed by atoms with Crippen LogP contribution in [0, 0.1) is 0 Å². The molecule has 1 saturated heterocycles. The predicted octanol–water partition coefficient (Wildman–Crippen LogP) is 3.68. The molecule has 0 unspecified atom stereocenters. The highest BCUT2D eigenvalue weighted by molar-refractivity contribution is 5.62. The summed E-state index contributed by atoms with van der Waals surface area (Å²) in [6, 6.07) is 22.9. The Balaban J connectivity index is 0.000000433. The van der Waals surface area contributed by atoms with Gasteiger partial charge in [-0.2, -0.15) is 0 Å². The zero-order chi connectivity index (χ0) is 16.5. The van der Waals surface area contributed by atoms with Gasteiger partial charge in [0.1, 0.15) is 0 Å². The minimum Gasteiger partial charge on any atom is -0.481 e. The maximum absolute atomic E-state index is 9.00. The first kappa shape index (κ1) is 17.2. The Kier molecular flexibility index (Phi) is 6.82. The first-order chi connectivity index (χ1) is 11.1. The third-order valence-electron chi connectivity index (χ3n) is 3.98. The molecule has 2 N–H and O–H groups in total. The number of carbonyl (C=O) groups is 1. The molecular formula is C20H25NO2. The van der Waals surface area contributed by atoms with Crippen LogP contribution in [0.25, 0.3) is 0 Å². The lowest BCUT2D eigenvalue weighted by molar-refractivity contribution is -0.134. The minimum atomic E-state index is -0.833. The van der Waals surface area contributed by atoms with Crippen LogP contribution >= 0.6 is 0 Å². The number of aliphatic carboxylic acids is 1. The lowest BCUT2D eigenvalue weighted by Gasteiger charge is -2.14. The Hall–Kier alpha value is -2.13. The van der Waals surface area contributed by atoms with Crippen LogP contribution < -0.4 is 5.32 Å². The Bertz CT molecular complexity index is 532. The molecule has 0 amide bonds. The highest BCUT2D eigenvalue weighted by Crippen LogP contribution is 2.19. The largest absolute Gasteiger partial charge is 0.481 e. The Morgan fingerprint density at radius 3 is 1.61 bits per heavy atom. The lowest BCUT2D eigenvalue weighted by atomic mass is 10.0. The summed E-state index contributed by atoms with van der Waals surface area (Å²) in [4.78, 5) is 9.00. The number of carboxylic acids is 1. The van der Waals surface area contributed by atoms with Crippen LogP contribution in [0.2, 0.25) is 0 Å². The number of nitrogens with one attached hydrogen (secondary N) is 1. The van der Waals surface area contributed by atoms with Gasteiger partial charge in [0.25, 0.3) is 5.97 Å². The van der Waals surface area contributed by atoms with Gasteiger partial charge >= 0.3 is 0 Å². The molecule has 23 heavy (non-hydrogen) atoms. The van der Waals surface area contributed by atoms with Gasteiger partial charge in [-0.3, -0.25) is 4.79 Å². The molecule has 0 aliphatic carbocycles. The van der Waals surface area contributed by atoms with E-state index in [1.165, 1.54) is 24.0 Å². The van der Waals surface area contributed by atoms with Gasteiger partial charge in [0.05, 0.1) is 0 Å². The van der Waals surface area contributed by atoms with E-state index in [4.69, 9.17) is 9.90 Å². The van der Waals surface area contributed by atoms with E-state index in [-0.39, 0.29) is 0 Å². The number of carboxylic acid groups (broad SMARTS) is 1. The van der Waals surface area contributed by atoms with Crippen LogP contribution in [0.1, 0.15) is 30.9 Å². The van der Waals surface area contributed by atoms with Crippen molar-refractivity contribution < 1.29 is 9.90 Å². The second kappa shape index (κ2) is 9.11. The zero-order valence-corrected chi connectivity index (χ0v) is 13.6. The molecule has 3 heteroatoms. The molecule has 0 bridgehead atoms. The summed E-state index contributed by atoms with van der Waals surface area (Å²) in [6.45, 7) is 1.08. The third kappa shape index (κ3) is 6.66. The van der Waals surface area contributed by atoms with Gasteiger partial charge in [-0.15, -0.1) is 0 Å². The fourth-order valence-corrected chi connectivity index (χ4v) is 3.02. The summed E-state index contributed by atoms with van der Waals surface area (Å²) in [6.07, 6.45) is 4.91. The number of hydrogen-bond acceptors (Lipinski definition) is 2. The third-order valence-corrected chi connectivity index (χ3v) is 3.98. The molecule has 2 aromatic rings. The summed E-state index contributed by atoms with van der Waals surface area (Å²) >= 11 is 0. The fourth-order valence-electron chi connectivity index (χ4n) is 3.02. The zero-order valence-electron chi connectivity index (χ0n) is 13.6. The summed E-state index contributed by atoms with van der Waals surface area (Å²) in [5.74, 6) is -0.833. The lowest BCUT2D eigenvalue weighted by Crippen LogP contribution is -2.32. The summed E-state index contributed by atoms with van der Waals surface area (Å²) in [5.41, 5.74) is 2.89. The average Bonchev–Trinajstić information content (AvgIpc) is 2.96. The van der Waals surface area contributed by atoms with Gasteiger partial charge < -0.3 is 10.4 Å². The second-order valence-electron chi connectivity index (χ2n) is 6.04. The number of benzene rings is 2. The maximum Gasteiger partial charge on any atom is 0.300 e. The van der Waals surface area contributed by atoms with Crippen molar-refractivity contribution in [1.82, 2.24) is 5.32 Å². The topological polar surface area (TPSA) is 49.3 Å². The molecule has 2 aromatic carbocycles. The first-order valence-electron chi connectivity index (χ1n) is 8.17. The Labute approximate surface area is 138 Å². The van der Waals surface area contributed by atoms with E-state index in [0.717, 1.165) is 19.8 Å². The smallest absolute Gasteiger partial charge is 0.300 e. The summed E-state index contributed by atoms with van der Waals surface area (Å²) in [5, 5.41) is 11.2. The molecule has 0 aromatic heterocycles. The van der Waals surface area contributed by atoms with Crippen LogP contribution in [-0.4, -0.2) is 23.2 Å². The highest BCUT2D eigenvalue weighted by Gasteiger charge is 2.23. The van der Waals surface area contributed by atoms with Gasteiger partial charge in [-0.1, -0.05) is 60.7 Å². The SMILES string of the molecule is CC(=O)O.c1ccc(C[C@H]2CC[C@H](Cc3ccccc3)N2)cc1. The molecule has 1 heterocycles. The fraction of sp³-hybridized carbons (Fsp3) is 0.350. The van der Waals surface area contributed by atoms with Gasteiger partial charge in [0.15, 0.2) is 0 Å². The van der Waals surface area contributed by atoms with Crippen LogP contribution in [0.5, 0.6) is 0 Å². The van der Waals surface area contributed by atoms with Crippen molar-refractivity contribution in [3.8, 4) is 0 Å². The molecule has 1 aliphatic rings. The molecule has 3 rings (SSSR count). The minimum absolute atomic E-state index is 0.649. The molecule has 2 atom stereocenters. The molecular weight excluding hydrogens is 286 g/mol. The van der Waals surface area contributed by atoms with Crippen molar-refractivity contribution in [1.29, 1.82) is 0 Å². The second-order valence-corrected chi connectivity index (χ2v) is 6.04. The monoisotopic (exact) mass is 311 g/mol. The molecule has 0 radical (unpaired) electrons. The molecule has 0 spiro atoms. The van der Waals surface area contributed by atoms with Crippen LogP contribution in [0.15, 0.2) is 60.7 Å². The van der Waals surface area contributed by atoms with E-state index < -0.39 is 5.97 Å². The van der Waals surface area contributed by atoms with E-state index in [0.29, 0.717) is 12.1 Å². The quantitative estimate of drug-likeness (QED) is 0.905. The van der Waals surface area contributed by atoms with Crippen LogP contribution in [-0.2, 0) is 17.6 Å². The van der Waals surface area contributed by atoms with Crippen molar-refractivity contribution in [3.05, 3.63) is 71.8 Å². The van der Waals surface area contributed by atoms with Crippen molar-refractivity contribution in [2.24, 2.45) is 0 Å². The molecule has 3 nitrogen and oxygen atoms in total. The van der Waals surface area contributed by atoms with Gasteiger partial charge in [-0.05, 0) is 36.8 Å². The van der Waals surface area contributed by atoms with Crippen LogP contribution in [0.4, 0.5) is 0 Å². The Morgan fingerprint density at radius 2 is 1.26 bits per heavy atom. The number of rotatable bonds is 4.